The highest BCUT2D eigenvalue weighted by Crippen LogP contribution is 2.44. The van der Waals surface area contributed by atoms with Crippen LogP contribution in [0, 0.1) is 5.82 Å². The molecule has 0 aromatic heterocycles. The van der Waals surface area contributed by atoms with Gasteiger partial charge in [0.2, 0.25) is 0 Å². The molecule has 1 aliphatic carbocycles. The summed E-state index contributed by atoms with van der Waals surface area (Å²) in [5, 5.41) is 7.09. The van der Waals surface area contributed by atoms with Crippen molar-refractivity contribution >= 4 is 41.5 Å². The molecule has 3 unspecified atom stereocenters. The van der Waals surface area contributed by atoms with Crippen LogP contribution in [0.25, 0.3) is 0 Å². The molecular weight excluding hydrogens is 432 g/mol. The third-order valence-electron chi connectivity index (χ3n) is 4.23. The molecule has 0 bridgehead atoms. The van der Waals surface area contributed by atoms with Gasteiger partial charge in [-0.3, -0.25) is 4.99 Å². The van der Waals surface area contributed by atoms with Crippen molar-refractivity contribution in [3.63, 3.8) is 0 Å². The average molecular weight is 454 g/mol. The van der Waals surface area contributed by atoms with E-state index >= 15 is 0 Å². The Morgan fingerprint density at radius 2 is 2.30 bits per heavy atom. The van der Waals surface area contributed by atoms with E-state index in [2.05, 4.69) is 15.6 Å². The minimum Gasteiger partial charge on any atom is -0.376 e. The lowest BCUT2D eigenvalue weighted by molar-refractivity contribution is 0.114. The van der Waals surface area contributed by atoms with Gasteiger partial charge in [-0.2, -0.15) is 0 Å². The molecule has 4 nitrogen and oxygen atoms in total. The molecule has 23 heavy (non-hydrogen) atoms. The van der Waals surface area contributed by atoms with Crippen molar-refractivity contribution in [2.24, 2.45) is 4.99 Å². The Labute approximate surface area is 158 Å². The number of nitrogens with one attached hydrogen (secondary N) is 2. The number of halogens is 3. The van der Waals surface area contributed by atoms with Crippen LogP contribution in [0.4, 0.5) is 4.39 Å². The molecule has 3 rings (SSSR count). The Hall–Kier alpha value is -0.600. The fraction of sp³-hybridized carbons (Fsp3) is 0.562. The normalized spacial score (nSPS) is 26.6. The van der Waals surface area contributed by atoms with Crippen LogP contribution in [0.15, 0.2) is 23.2 Å². The number of hydrogen-bond acceptors (Lipinski definition) is 2. The Morgan fingerprint density at radius 3 is 2.96 bits per heavy atom. The molecule has 7 heteroatoms. The highest BCUT2D eigenvalue weighted by atomic mass is 127. The molecule has 0 radical (unpaired) electrons. The SMILES string of the molecule is CN=C(NCC1CCCO1)NC1CC1c1c(F)cccc1Cl.I. The van der Waals surface area contributed by atoms with E-state index in [0.29, 0.717) is 10.6 Å². The van der Waals surface area contributed by atoms with Crippen LogP contribution in [0.5, 0.6) is 0 Å². The highest BCUT2D eigenvalue weighted by molar-refractivity contribution is 14.0. The zero-order valence-electron chi connectivity index (χ0n) is 13.0. The first kappa shape index (κ1) is 18.7. The predicted molar refractivity (Wildman–Crippen MR) is 101 cm³/mol. The fourth-order valence-corrected chi connectivity index (χ4v) is 3.23. The summed E-state index contributed by atoms with van der Waals surface area (Å²) in [6.45, 7) is 1.59. The first-order chi connectivity index (χ1) is 10.7. The summed E-state index contributed by atoms with van der Waals surface area (Å²) in [5.74, 6) is 0.606. The third-order valence-corrected chi connectivity index (χ3v) is 4.56. The monoisotopic (exact) mass is 453 g/mol. The second-order valence-corrected chi connectivity index (χ2v) is 6.22. The molecule has 3 atom stereocenters. The van der Waals surface area contributed by atoms with Crippen molar-refractivity contribution in [3.05, 3.63) is 34.6 Å². The van der Waals surface area contributed by atoms with Gasteiger partial charge in [-0.1, -0.05) is 17.7 Å². The lowest BCUT2D eigenvalue weighted by atomic mass is 10.1. The molecule has 1 heterocycles. The maximum atomic E-state index is 13.9. The van der Waals surface area contributed by atoms with Crippen LogP contribution >= 0.6 is 35.6 Å². The number of hydrogen-bond donors (Lipinski definition) is 2. The molecule has 1 saturated carbocycles. The molecule has 128 valence electrons. The summed E-state index contributed by atoms with van der Waals surface area (Å²) in [4.78, 5) is 4.21. The van der Waals surface area contributed by atoms with Crippen molar-refractivity contribution < 1.29 is 9.13 Å². The fourth-order valence-electron chi connectivity index (χ4n) is 2.92. The van der Waals surface area contributed by atoms with Crippen LogP contribution in [-0.2, 0) is 4.74 Å². The number of rotatable bonds is 4. The van der Waals surface area contributed by atoms with Gasteiger partial charge in [-0.25, -0.2) is 4.39 Å². The van der Waals surface area contributed by atoms with Gasteiger partial charge in [-0.15, -0.1) is 24.0 Å². The van der Waals surface area contributed by atoms with Gasteiger partial charge in [0, 0.05) is 42.7 Å². The summed E-state index contributed by atoms with van der Waals surface area (Å²) >= 11 is 6.12. The van der Waals surface area contributed by atoms with E-state index < -0.39 is 0 Å². The third kappa shape index (κ3) is 4.70. The summed E-state index contributed by atoms with van der Waals surface area (Å²) in [6, 6.07) is 5.00. The molecule has 0 spiro atoms. The van der Waals surface area contributed by atoms with Crippen molar-refractivity contribution in [1.82, 2.24) is 10.6 Å². The Kier molecular flexibility index (Phi) is 6.91. The van der Waals surface area contributed by atoms with Crippen LogP contribution in [0.1, 0.15) is 30.7 Å². The summed E-state index contributed by atoms with van der Waals surface area (Å²) in [6.07, 6.45) is 3.33. The molecule has 1 aromatic carbocycles. The van der Waals surface area contributed by atoms with Gasteiger partial charge < -0.3 is 15.4 Å². The molecule has 2 fully saturated rings. The van der Waals surface area contributed by atoms with Crippen molar-refractivity contribution in [2.45, 2.75) is 37.3 Å². The maximum Gasteiger partial charge on any atom is 0.191 e. The summed E-state index contributed by atoms with van der Waals surface area (Å²) in [7, 11) is 1.73. The molecule has 0 amide bonds. The molecule has 1 aliphatic heterocycles. The van der Waals surface area contributed by atoms with Gasteiger partial charge >= 0.3 is 0 Å². The average Bonchev–Trinajstić information content (AvgIpc) is 3.04. The van der Waals surface area contributed by atoms with Gasteiger partial charge in [0.1, 0.15) is 5.82 Å². The van der Waals surface area contributed by atoms with Crippen molar-refractivity contribution in [3.8, 4) is 0 Å². The van der Waals surface area contributed by atoms with Gasteiger partial charge in [0.15, 0.2) is 5.96 Å². The van der Waals surface area contributed by atoms with Gasteiger partial charge in [0.25, 0.3) is 0 Å². The zero-order chi connectivity index (χ0) is 15.5. The predicted octanol–water partition coefficient (Wildman–Crippen LogP) is 3.30. The number of aliphatic imine (C=N–C) groups is 1. The molecular formula is C16H22ClFIN3O. The van der Waals surface area contributed by atoms with Crippen LogP contribution in [-0.4, -0.2) is 38.3 Å². The smallest absolute Gasteiger partial charge is 0.191 e. The van der Waals surface area contributed by atoms with E-state index in [9.17, 15) is 4.39 Å². The second-order valence-electron chi connectivity index (χ2n) is 5.82. The molecule has 1 aromatic rings. The lowest BCUT2D eigenvalue weighted by Gasteiger charge is -2.15. The summed E-state index contributed by atoms with van der Waals surface area (Å²) in [5.41, 5.74) is 0.608. The summed E-state index contributed by atoms with van der Waals surface area (Å²) < 4.78 is 19.5. The maximum absolute atomic E-state index is 13.9. The Morgan fingerprint density at radius 1 is 1.48 bits per heavy atom. The zero-order valence-corrected chi connectivity index (χ0v) is 16.1. The lowest BCUT2D eigenvalue weighted by Crippen LogP contribution is -2.42. The van der Waals surface area contributed by atoms with Crippen LogP contribution in [0.3, 0.4) is 0 Å². The van der Waals surface area contributed by atoms with Crippen molar-refractivity contribution in [2.75, 3.05) is 20.2 Å². The van der Waals surface area contributed by atoms with Crippen molar-refractivity contribution in [1.29, 1.82) is 0 Å². The first-order valence-corrected chi connectivity index (χ1v) is 8.09. The standard InChI is InChI=1S/C16H21ClFN3O.HI/c1-19-16(20-9-10-4-3-7-22-10)21-14-8-11(14)15-12(17)5-2-6-13(15)18;/h2,5-6,10-11,14H,3-4,7-9H2,1H3,(H2,19,20,21);1H. The van der Waals surface area contributed by atoms with E-state index in [0.717, 1.165) is 38.4 Å². The quantitative estimate of drug-likeness (QED) is 0.418. The minimum absolute atomic E-state index is 0. The molecule has 2 aliphatic rings. The second kappa shape index (κ2) is 8.48. The van der Waals surface area contributed by atoms with Crippen LogP contribution in [0.2, 0.25) is 5.02 Å². The van der Waals surface area contributed by atoms with E-state index in [4.69, 9.17) is 16.3 Å². The number of ether oxygens (including phenoxy) is 1. The highest BCUT2D eigenvalue weighted by Gasteiger charge is 2.41. The van der Waals surface area contributed by atoms with E-state index in [1.54, 1.807) is 19.2 Å². The number of nitrogens with zero attached hydrogens (tertiary/aromatic N) is 1. The first-order valence-electron chi connectivity index (χ1n) is 7.71. The minimum atomic E-state index is -0.232. The van der Waals surface area contributed by atoms with E-state index in [1.165, 1.54) is 6.07 Å². The van der Waals surface area contributed by atoms with E-state index in [1.807, 2.05) is 0 Å². The van der Waals surface area contributed by atoms with Crippen LogP contribution < -0.4 is 10.6 Å². The topological polar surface area (TPSA) is 45.7 Å². The van der Waals surface area contributed by atoms with E-state index in [-0.39, 0.29) is 47.9 Å². The van der Waals surface area contributed by atoms with Gasteiger partial charge in [-0.05, 0) is 31.4 Å². The Bertz CT molecular complexity index is 546. The van der Waals surface area contributed by atoms with Gasteiger partial charge in [0.05, 0.1) is 6.10 Å². The Balaban J connectivity index is 0.00000192. The number of guanidine groups is 1. The molecule has 1 saturated heterocycles. The number of benzene rings is 1. The molecule has 2 N–H and O–H groups in total. The largest absolute Gasteiger partial charge is 0.376 e.